The molecule has 5 heteroatoms. The van der Waals surface area contributed by atoms with Crippen LogP contribution in [-0.2, 0) is 17.9 Å². The molecule has 98 valence electrons. The molecule has 1 amide bonds. The first-order valence-electron chi connectivity index (χ1n) is 5.80. The van der Waals surface area contributed by atoms with Crippen molar-refractivity contribution in [2.45, 2.75) is 13.1 Å². The van der Waals surface area contributed by atoms with E-state index in [4.69, 9.17) is 0 Å². The molecule has 1 aromatic carbocycles. The highest BCUT2D eigenvalue weighted by Gasteiger charge is 2.05. The van der Waals surface area contributed by atoms with Gasteiger partial charge in [-0.3, -0.25) is 9.59 Å². The number of carbonyl (C=O) groups is 2. The van der Waals surface area contributed by atoms with Gasteiger partial charge in [-0.05, 0) is 29.8 Å². The molecule has 1 heterocycles. The number of carbonyl (C=O) groups excluding carboxylic acids is 2. The minimum atomic E-state index is -0.307. The van der Waals surface area contributed by atoms with Crippen molar-refractivity contribution in [3.63, 3.8) is 0 Å². The molecule has 0 saturated carbocycles. The van der Waals surface area contributed by atoms with Crippen LogP contribution in [0.3, 0.4) is 0 Å². The predicted octanol–water partition coefficient (Wildman–Crippen LogP) is 1.76. The largest absolute Gasteiger partial charge is 0.350 e. The van der Waals surface area contributed by atoms with Gasteiger partial charge in [0.2, 0.25) is 5.91 Å². The van der Waals surface area contributed by atoms with E-state index in [1.54, 1.807) is 35.0 Å². The number of rotatable bonds is 5. The molecule has 2 aromatic rings. The number of hydrogen-bond acceptors (Lipinski definition) is 2. The van der Waals surface area contributed by atoms with E-state index in [0.717, 1.165) is 5.56 Å². The average molecular weight is 260 g/mol. The fraction of sp³-hybridized carbons (Fsp3) is 0.143. The highest BCUT2D eigenvalue weighted by molar-refractivity contribution is 5.78. The topological polar surface area (TPSA) is 51.1 Å². The van der Waals surface area contributed by atoms with Gasteiger partial charge >= 0.3 is 0 Å². The molecule has 0 aliphatic heterocycles. The van der Waals surface area contributed by atoms with Crippen LogP contribution in [0.15, 0.2) is 42.6 Å². The van der Waals surface area contributed by atoms with Gasteiger partial charge in [-0.15, -0.1) is 0 Å². The number of nitrogens with zero attached hydrogens (tertiary/aromatic N) is 1. The summed E-state index contributed by atoms with van der Waals surface area (Å²) in [6, 6.07) is 9.26. The van der Waals surface area contributed by atoms with E-state index in [9.17, 15) is 14.0 Å². The maximum absolute atomic E-state index is 12.7. The van der Waals surface area contributed by atoms with E-state index in [2.05, 4.69) is 5.32 Å². The van der Waals surface area contributed by atoms with Crippen LogP contribution in [0.25, 0.3) is 0 Å². The van der Waals surface area contributed by atoms with Crippen molar-refractivity contribution in [2.24, 2.45) is 0 Å². The standard InChI is InChI=1S/C14H13FN2O2/c15-12-5-3-11(4-6-12)8-16-14(19)9-17-7-1-2-13(17)10-18/h1-7,10H,8-9H2,(H,16,19). The Morgan fingerprint density at radius 3 is 2.68 bits per heavy atom. The predicted molar refractivity (Wildman–Crippen MR) is 68.1 cm³/mol. The molecule has 0 aliphatic rings. The summed E-state index contributed by atoms with van der Waals surface area (Å²) in [6.45, 7) is 0.416. The molecule has 0 fully saturated rings. The van der Waals surface area contributed by atoms with Crippen LogP contribution in [0, 0.1) is 5.82 Å². The third-order valence-electron chi connectivity index (χ3n) is 2.70. The van der Waals surface area contributed by atoms with Crippen LogP contribution in [0.5, 0.6) is 0 Å². The number of halogens is 1. The smallest absolute Gasteiger partial charge is 0.240 e. The third-order valence-corrected chi connectivity index (χ3v) is 2.70. The number of benzene rings is 1. The Hall–Kier alpha value is -2.43. The van der Waals surface area contributed by atoms with Gasteiger partial charge in [0, 0.05) is 12.7 Å². The Kier molecular flexibility index (Phi) is 4.07. The van der Waals surface area contributed by atoms with Crippen LogP contribution < -0.4 is 5.32 Å². The van der Waals surface area contributed by atoms with Crippen LogP contribution in [0.1, 0.15) is 16.1 Å². The van der Waals surface area contributed by atoms with Gasteiger partial charge in [0.25, 0.3) is 0 Å². The summed E-state index contributed by atoms with van der Waals surface area (Å²) in [7, 11) is 0. The molecule has 2 rings (SSSR count). The zero-order valence-electron chi connectivity index (χ0n) is 10.2. The van der Waals surface area contributed by atoms with Gasteiger partial charge in [-0.2, -0.15) is 0 Å². The van der Waals surface area contributed by atoms with Gasteiger partial charge < -0.3 is 9.88 Å². The molecular weight excluding hydrogens is 247 g/mol. The van der Waals surface area contributed by atoms with Crippen LogP contribution >= 0.6 is 0 Å². The maximum Gasteiger partial charge on any atom is 0.240 e. The number of aldehydes is 1. The minimum Gasteiger partial charge on any atom is -0.350 e. The summed E-state index contributed by atoms with van der Waals surface area (Å²) in [5, 5.41) is 2.71. The van der Waals surface area contributed by atoms with E-state index in [0.29, 0.717) is 18.5 Å². The van der Waals surface area contributed by atoms with Crippen molar-refractivity contribution in [2.75, 3.05) is 0 Å². The molecule has 0 unspecified atom stereocenters. The molecule has 4 nitrogen and oxygen atoms in total. The minimum absolute atomic E-state index is 0.0856. The lowest BCUT2D eigenvalue weighted by molar-refractivity contribution is -0.121. The molecule has 0 aliphatic carbocycles. The van der Waals surface area contributed by atoms with Crippen LogP contribution in [0.2, 0.25) is 0 Å². The average Bonchev–Trinajstić information content (AvgIpc) is 2.85. The van der Waals surface area contributed by atoms with E-state index in [1.165, 1.54) is 12.1 Å². The molecule has 1 N–H and O–H groups in total. The third kappa shape index (κ3) is 3.51. The lowest BCUT2D eigenvalue weighted by Gasteiger charge is -2.07. The summed E-state index contributed by atoms with van der Waals surface area (Å²) in [5.41, 5.74) is 1.27. The molecule has 0 radical (unpaired) electrons. The number of aromatic nitrogens is 1. The van der Waals surface area contributed by atoms with Crippen LogP contribution in [0.4, 0.5) is 4.39 Å². The summed E-state index contributed by atoms with van der Waals surface area (Å²) < 4.78 is 14.3. The second-order valence-electron chi connectivity index (χ2n) is 4.08. The quantitative estimate of drug-likeness (QED) is 0.833. The summed E-state index contributed by atoms with van der Waals surface area (Å²) in [6.07, 6.45) is 2.37. The number of hydrogen-bond donors (Lipinski definition) is 1. The summed E-state index contributed by atoms with van der Waals surface area (Å²) >= 11 is 0. The maximum atomic E-state index is 12.7. The van der Waals surface area contributed by atoms with Crippen LogP contribution in [-0.4, -0.2) is 16.8 Å². The Morgan fingerprint density at radius 1 is 1.26 bits per heavy atom. The first kappa shape index (κ1) is 13.0. The van der Waals surface area contributed by atoms with Crippen molar-refractivity contribution in [1.29, 1.82) is 0 Å². The Bertz CT molecular complexity index is 575. The zero-order valence-corrected chi connectivity index (χ0v) is 10.2. The number of amides is 1. The molecular formula is C14H13FN2O2. The Labute approximate surface area is 109 Å². The van der Waals surface area contributed by atoms with Gasteiger partial charge in [-0.1, -0.05) is 12.1 Å². The normalized spacial score (nSPS) is 10.2. The van der Waals surface area contributed by atoms with Gasteiger partial charge in [-0.25, -0.2) is 4.39 Å². The first-order chi connectivity index (χ1) is 9.19. The van der Waals surface area contributed by atoms with Crippen molar-refractivity contribution in [3.8, 4) is 0 Å². The zero-order chi connectivity index (χ0) is 13.7. The van der Waals surface area contributed by atoms with E-state index in [1.807, 2.05) is 0 Å². The molecule has 0 bridgehead atoms. The monoisotopic (exact) mass is 260 g/mol. The van der Waals surface area contributed by atoms with Crippen molar-refractivity contribution < 1.29 is 14.0 Å². The van der Waals surface area contributed by atoms with Crippen molar-refractivity contribution in [1.82, 2.24) is 9.88 Å². The molecule has 0 atom stereocenters. The second-order valence-corrected chi connectivity index (χ2v) is 4.08. The highest BCUT2D eigenvalue weighted by Crippen LogP contribution is 2.02. The summed E-state index contributed by atoms with van der Waals surface area (Å²) in [5.74, 6) is -0.512. The fourth-order valence-corrected chi connectivity index (χ4v) is 1.69. The first-order valence-corrected chi connectivity index (χ1v) is 5.80. The Balaban J connectivity index is 1.88. The van der Waals surface area contributed by atoms with Gasteiger partial charge in [0.05, 0.1) is 5.69 Å². The Morgan fingerprint density at radius 2 is 2.00 bits per heavy atom. The van der Waals surface area contributed by atoms with Gasteiger partial charge in [0.15, 0.2) is 6.29 Å². The van der Waals surface area contributed by atoms with Crippen molar-refractivity contribution >= 4 is 12.2 Å². The SMILES string of the molecule is O=Cc1cccn1CC(=O)NCc1ccc(F)cc1. The molecule has 0 spiro atoms. The van der Waals surface area contributed by atoms with Gasteiger partial charge in [0.1, 0.15) is 12.4 Å². The summed E-state index contributed by atoms with van der Waals surface area (Å²) in [4.78, 5) is 22.4. The molecule has 19 heavy (non-hydrogen) atoms. The lowest BCUT2D eigenvalue weighted by Crippen LogP contribution is -2.27. The van der Waals surface area contributed by atoms with E-state index in [-0.39, 0.29) is 18.3 Å². The lowest BCUT2D eigenvalue weighted by atomic mass is 10.2. The van der Waals surface area contributed by atoms with Crippen molar-refractivity contribution in [3.05, 3.63) is 59.7 Å². The fourth-order valence-electron chi connectivity index (χ4n) is 1.69. The molecule has 0 saturated heterocycles. The van der Waals surface area contributed by atoms with E-state index < -0.39 is 0 Å². The highest BCUT2D eigenvalue weighted by atomic mass is 19.1. The molecule has 1 aromatic heterocycles. The number of nitrogens with one attached hydrogen (secondary N) is 1. The second kappa shape index (κ2) is 5.95. The van der Waals surface area contributed by atoms with E-state index >= 15 is 0 Å².